The van der Waals surface area contributed by atoms with Gasteiger partial charge >= 0.3 is 0 Å². The van der Waals surface area contributed by atoms with E-state index in [2.05, 4.69) is 44.8 Å². The summed E-state index contributed by atoms with van der Waals surface area (Å²) >= 11 is 1.62. The smallest absolute Gasteiger partial charge is 0.258 e. The molecule has 164 valence electrons. The van der Waals surface area contributed by atoms with Gasteiger partial charge in [0.2, 0.25) is 0 Å². The Morgan fingerprint density at radius 2 is 1.94 bits per heavy atom. The number of amides is 1. The van der Waals surface area contributed by atoms with E-state index in [9.17, 15) is 4.79 Å². The van der Waals surface area contributed by atoms with Gasteiger partial charge in [-0.15, -0.1) is 11.3 Å². The maximum Gasteiger partial charge on any atom is 0.258 e. The molecule has 2 aliphatic rings. The van der Waals surface area contributed by atoms with Gasteiger partial charge in [0.15, 0.2) is 5.13 Å². The number of anilines is 4. The van der Waals surface area contributed by atoms with E-state index in [0.717, 1.165) is 60.8 Å². The predicted molar refractivity (Wildman–Crippen MR) is 131 cm³/mol. The first-order valence-corrected chi connectivity index (χ1v) is 11.5. The van der Waals surface area contributed by atoms with Crippen molar-refractivity contribution in [3.63, 3.8) is 0 Å². The summed E-state index contributed by atoms with van der Waals surface area (Å²) < 4.78 is 0. The maximum absolute atomic E-state index is 12.5. The molecule has 2 aliphatic heterocycles. The van der Waals surface area contributed by atoms with Gasteiger partial charge in [0.05, 0.1) is 11.3 Å². The number of nitrogens with zero attached hydrogens (tertiary/aromatic N) is 2. The molecule has 8 heteroatoms. The van der Waals surface area contributed by atoms with Gasteiger partial charge in [-0.2, -0.15) is 0 Å². The Morgan fingerprint density at radius 3 is 2.75 bits per heavy atom. The summed E-state index contributed by atoms with van der Waals surface area (Å²) in [6.07, 6.45) is 1.95. The number of hydrogen-bond acceptors (Lipinski definition) is 7. The molecular formula is C24H26N6OS. The van der Waals surface area contributed by atoms with Gasteiger partial charge in [0.1, 0.15) is 0 Å². The lowest BCUT2D eigenvalue weighted by Crippen LogP contribution is -2.26. The quantitative estimate of drug-likeness (QED) is 0.359. The maximum atomic E-state index is 12.5. The highest BCUT2D eigenvalue weighted by Crippen LogP contribution is 2.35. The van der Waals surface area contributed by atoms with Gasteiger partial charge in [-0.1, -0.05) is 12.1 Å². The molecule has 0 saturated carbocycles. The van der Waals surface area contributed by atoms with Crippen LogP contribution in [-0.4, -0.2) is 28.9 Å². The summed E-state index contributed by atoms with van der Waals surface area (Å²) in [4.78, 5) is 20.8. The lowest BCUT2D eigenvalue weighted by molar-refractivity contribution is -0.110. The van der Waals surface area contributed by atoms with Gasteiger partial charge in [-0.3, -0.25) is 9.69 Å². The first-order chi connectivity index (χ1) is 15.5. The van der Waals surface area contributed by atoms with Crippen LogP contribution in [0.5, 0.6) is 0 Å². The van der Waals surface area contributed by atoms with Crippen LogP contribution in [-0.2, 0) is 24.2 Å². The first-order valence-electron chi connectivity index (χ1n) is 10.7. The van der Waals surface area contributed by atoms with Crippen molar-refractivity contribution in [2.75, 3.05) is 35.2 Å². The zero-order valence-corrected chi connectivity index (χ0v) is 18.8. The number of rotatable bonds is 4. The molecule has 0 spiro atoms. The Kier molecular flexibility index (Phi) is 5.32. The van der Waals surface area contributed by atoms with Crippen LogP contribution in [0.2, 0.25) is 0 Å². The second-order valence-electron chi connectivity index (χ2n) is 8.28. The highest BCUT2D eigenvalue weighted by Gasteiger charge is 2.26. The standard InChI is InChI=1S/C24H26N6OS/c1-14(22-18-12-16(25)4-7-19(18)28-23(22)31)27-17-5-2-15(3-6-17)13-30-10-8-20-21(9-11-30)32-24(26)29-20/h2-7,12,27H,8-11,13,25H2,1H3,(H2,26,29)(H,28,31)/b22-14-. The number of aromatic nitrogens is 1. The number of hydrogen-bond donors (Lipinski definition) is 4. The Morgan fingerprint density at radius 1 is 1.16 bits per heavy atom. The van der Waals surface area contributed by atoms with Crippen molar-refractivity contribution in [2.45, 2.75) is 26.3 Å². The van der Waals surface area contributed by atoms with E-state index < -0.39 is 0 Å². The molecule has 1 amide bonds. The SMILES string of the molecule is C/C(Nc1ccc(CN2CCc3nc(N)sc3CC2)cc1)=C1/C(=O)Nc2ccc(N)cc21. The Labute approximate surface area is 191 Å². The van der Waals surface area contributed by atoms with Crippen molar-refractivity contribution < 1.29 is 4.79 Å². The van der Waals surface area contributed by atoms with Crippen LogP contribution >= 0.6 is 11.3 Å². The first kappa shape index (κ1) is 20.5. The molecule has 0 radical (unpaired) electrons. The van der Waals surface area contributed by atoms with Gasteiger partial charge < -0.3 is 22.1 Å². The highest BCUT2D eigenvalue weighted by molar-refractivity contribution is 7.15. The number of nitrogens with one attached hydrogen (secondary N) is 2. The number of nitrogen functional groups attached to an aromatic ring is 2. The average molecular weight is 447 g/mol. The van der Waals surface area contributed by atoms with Crippen molar-refractivity contribution >= 4 is 45.0 Å². The Balaban J connectivity index is 1.26. The zero-order chi connectivity index (χ0) is 22.2. The van der Waals surface area contributed by atoms with Gasteiger partial charge in [-0.05, 0) is 49.2 Å². The van der Waals surface area contributed by atoms with Crippen molar-refractivity contribution in [2.24, 2.45) is 0 Å². The van der Waals surface area contributed by atoms with E-state index in [1.54, 1.807) is 17.4 Å². The van der Waals surface area contributed by atoms with Crippen LogP contribution in [0.1, 0.15) is 28.6 Å². The van der Waals surface area contributed by atoms with Gasteiger partial charge in [0, 0.05) is 59.3 Å². The number of carbonyl (C=O) groups is 1. The third-order valence-corrected chi connectivity index (χ3v) is 6.96. The average Bonchev–Trinajstić information content (AvgIpc) is 3.22. The van der Waals surface area contributed by atoms with E-state index in [1.165, 1.54) is 10.4 Å². The second-order valence-corrected chi connectivity index (χ2v) is 9.39. The van der Waals surface area contributed by atoms with Gasteiger partial charge in [-0.25, -0.2) is 4.98 Å². The summed E-state index contributed by atoms with van der Waals surface area (Å²) in [7, 11) is 0. The molecule has 2 aromatic carbocycles. The molecule has 3 aromatic rings. The zero-order valence-electron chi connectivity index (χ0n) is 17.9. The molecule has 0 atom stereocenters. The monoisotopic (exact) mass is 446 g/mol. The lowest BCUT2D eigenvalue weighted by atomic mass is 10.0. The Hall–Kier alpha value is -3.36. The van der Waals surface area contributed by atoms with E-state index in [0.29, 0.717) is 16.4 Å². The minimum absolute atomic E-state index is 0.113. The summed E-state index contributed by atoms with van der Waals surface area (Å²) in [5.41, 5.74) is 18.8. The summed E-state index contributed by atoms with van der Waals surface area (Å²) in [6, 6.07) is 13.9. The molecular weight excluding hydrogens is 420 g/mol. The molecule has 6 N–H and O–H groups in total. The van der Waals surface area contributed by atoms with Crippen LogP contribution in [0.25, 0.3) is 5.57 Å². The van der Waals surface area contributed by atoms with Crippen LogP contribution in [0, 0.1) is 0 Å². The summed E-state index contributed by atoms with van der Waals surface area (Å²) in [5, 5.41) is 6.95. The van der Waals surface area contributed by atoms with E-state index in [1.807, 2.05) is 19.1 Å². The van der Waals surface area contributed by atoms with Crippen molar-refractivity contribution in [3.05, 3.63) is 69.9 Å². The number of carbonyl (C=O) groups excluding carboxylic acids is 1. The number of benzene rings is 2. The molecule has 0 unspecified atom stereocenters. The fraction of sp³-hybridized carbons (Fsp3) is 0.250. The van der Waals surface area contributed by atoms with E-state index in [4.69, 9.17) is 11.5 Å². The fourth-order valence-electron chi connectivity index (χ4n) is 4.38. The van der Waals surface area contributed by atoms with Crippen LogP contribution in [0.3, 0.4) is 0 Å². The number of fused-ring (bicyclic) bond motifs is 2. The molecule has 0 saturated heterocycles. The fourth-order valence-corrected chi connectivity index (χ4v) is 5.24. The van der Waals surface area contributed by atoms with Crippen molar-refractivity contribution in [3.8, 4) is 0 Å². The normalized spacial score (nSPS) is 17.3. The van der Waals surface area contributed by atoms with Crippen LogP contribution < -0.4 is 22.1 Å². The minimum Gasteiger partial charge on any atom is -0.399 e. The molecule has 1 aromatic heterocycles. The third-order valence-electron chi connectivity index (χ3n) is 5.97. The number of nitrogens with two attached hydrogens (primary N) is 2. The van der Waals surface area contributed by atoms with Crippen LogP contribution in [0.15, 0.2) is 48.2 Å². The van der Waals surface area contributed by atoms with Crippen molar-refractivity contribution in [1.29, 1.82) is 0 Å². The van der Waals surface area contributed by atoms with E-state index >= 15 is 0 Å². The largest absolute Gasteiger partial charge is 0.399 e. The Bertz CT molecular complexity index is 1190. The van der Waals surface area contributed by atoms with Crippen molar-refractivity contribution in [1.82, 2.24) is 9.88 Å². The number of thiazole rings is 1. The summed E-state index contributed by atoms with van der Waals surface area (Å²) in [5.74, 6) is -0.113. The molecule has 0 fully saturated rings. The minimum atomic E-state index is -0.113. The molecule has 5 rings (SSSR count). The molecule has 3 heterocycles. The van der Waals surface area contributed by atoms with E-state index in [-0.39, 0.29) is 5.91 Å². The predicted octanol–water partition coefficient (Wildman–Crippen LogP) is 3.70. The lowest BCUT2D eigenvalue weighted by Gasteiger charge is -2.20. The molecule has 0 bridgehead atoms. The third kappa shape index (κ3) is 4.06. The molecule has 7 nitrogen and oxygen atoms in total. The van der Waals surface area contributed by atoms with Crippen LogP contribution in [0.4, 0.5) is 22.2 Å². The summed E-state index contributed by atoms with van der Waals surface area (Å²) in [6.45, 7) is 4.81. The molecule has 32 heavy (non-hydrogen) atoms. The topological polar surface area (TPSA) is 109 Å². The number of allylic oxidation sites excluding steroid dienone is 1. The highest BCUT2D eigenvalue weighted by atomic mass is 32.1. The molecule has 0 aliphatic carbocycles. The van der Waals surface area contributed by atoms with Gasteiger partial charge in [0.25, 0.3) is 5.91 Å². The second kappa shape index (κ2) is 8.29.